The molecule has 7 heteroatoms. The molecule has 3 rings (SSSR count). The maximum absolute atomic E-state index is 5.32. The van der Waals surface area contributed by atoms with E-state index in [-0.39, 0.29) is 0 Å². The Hall–Kier alpha value is -2.83. The van der Waals surface area contributed by atoms with Crippen molar-refractivity contribution in [1.29, 1.82) is 0 Å². The summed E-state index contributed by atoms with van der Waals surface area (Å²) in [5.74, 6) is 2.84. The minimum atomic E-state index is 0.360. The first-order chi connectivity index (χ1) is 12.2. The van der Waals surface area contributed by atoms with Gasteiger partial charge in [0.2, 0.25) is 0 Å². The van der Waals surface area contributed by atoms with Gasteiger partial charge in [-0.15, -0.1) is 0 Å². The molecule has 0 atom stereocenters. The maximum Gasteiger partial charge on any atom is 0.191 e. The van der Waals surface area contributed by atoms with Crippen LogP contribution < -0.4 is 10.6 Å². The fourth-order valence-corrected chi connectivity index (χ4v) is 2.50. The topological polar surface area (TPSA) is 91.1 Å². The van der Waals surface area contributed by atoms with Gasteiger partial charge in [-0.3, -0.25) is 4.99 Å². The number of nitrogens with zero attached hydrogens (tertiary/aromatic N) is 3. The van der Waals surface area contributed by atoms with Crippen LogP contribution in [0.2, 0.25) is 0 Å². The molecule has 0 saturated heterocycles. The molecule has 2 heterocycles. The summed E-state index contributed by atoms with van der Waals surface area (Å²) in [4.78, 5) is 12.1. The first-order valence-corrected chi connectivity index (χ1v) is 8.49. The van der Waals surface area contributed by atoms with Crippen LogP contribution in [0.3, 0.4) is 0 Å². The predicted octanol–water partition coefficient (Wildman–Crippen LogP) is 2.58. The molecule has 0 radical (unpaired) electrons. The minimum absolute atomic E-state index is 0.360. The molecular formula is C18H24N6O. The SMILES string of the molecule is CN=C(NCCc1nc2ccccc2[nH]1)NCc1cc(C(C)C)no1. The predicted molar refractivity (Wildman–Crippen MR) is 98.6 cm³/mol. The average molecular weight is 340 g/mol. The zero-order valence-electron chi connectivity index (χ0n) is 14.8. The number of rotatable bonds is 6. The number of guanidine groups is 1. The zero-order valence-corrected chi connectivity index (χ0v) is 14.8. The van der Waals surface area contributed by atoms with Gasteiger partial charge in [0, 0.05) is 26.1 Å². The number of fused-ring (bicyclic) bond motifs is 1. The van der Waals surface area contributed by atoms with E-state index >= 15 is 0 Å². The first-order valence-electron chi connectivity index (χ1n) is 8.49. The van der Waals surface area contributed by atoms with E-state index in [4.69, 9.17) is 4.52 Å². The molecule has 0 fully saturated rings. The molecule has 0 amide bonds. The van der Waals surface area contributed by atoms with E-state index in [1.165, 1.54) is 0 Å². The van der Waals surface area contributed by atoms with Crippen LogP contribution in [0.15, 0.2) is 39.8 Å². The Balaban J connectivity index is 1.47. The van der Waals surface area contributed by atoms with Gasteiger partial charge in [0.25, 0.3) is 0 Å². The molecule has 1 aromatic carbocycles. The monoisotopic (exact) mass is 340 g/mol. The lowest BCUT2D eigenvalue weighted by Gasteiger charge is -2.09. The van der Waals surface area contributed by atoms with Crippen LogP contribution in [0.5, 0.6) is 0 Å². The third-order valence-corrected chi connectivity index (χ3v) is 3.92. The number of hydrogen-bond donors (Lipinski definition) is 3. The highest BCUT2D eigenvalue weighted by molar-refractivity contribution is 5.79. The quantitative estimate of drug-likeness (QED) is 0.474. The Kier molecular flexibility index (Phi) is 5.33. The Morgan fingerprint density at radius 3 is 2.84 bits per heavy atom. The summed E-state index contributed by atoms with van der Waals surface area (Å²) in [6, 6.07) is 10.0. The van der Waals surface area contributed by atoms with Crippen LogP contribution in [0.4, 0.5) is 0 Å². The number of para-hydroxylation sites is 2. The van der Waals surface area contributed by atoms with Crippen molar-refractivity contribution in [2.45, 2.75) is 32.7 Å². The fraction of sp³-hybridized carbons (Fsp3) is 0.389. The minimum Gasteiger partial charge on any atom is -0.359 e. The van der Waals surface area contributed by atoms with Gasteiger partial charge in [-0.2, -0.15) is 0 Å². The first kappa shape index (κ1) is 17.0. The molecule has 0 bridgehead atoms. The van der Waals surface area contributed by atoms with Crippen molar-refractivity contribution >= 4 is 17.0 Å². The number of aromatic amines is 1. The van der Waals surface area contributed by atoms with Crippen LogP contribution >= 0.6 is 0 Å². The summed E-state index contributed by atoms with van der Waals surface area (Å²) in [6.45, 7) is 5.46. The molecule has 0 spiro atoms. The van der Waals surface area contributed by atoms with E-state index in [9.17, 15) is 0 Å². The molecule has 0 aliphatic rings. The lowest BCUT2D eigenvalue weighted by atomic mass is 10.1. The number of benzene rings is 1. The molecule has 2 aromatic heterocycles. The van der Waals surface area contributed by atoms with Gasteiger partial charge in [0.15, 0.2) is 11.7 Å². The fourth-order valence-electron chi connectivity index (χ4n) is 2.50. The largest absolute Gasteiger partial charge is 0.359 e. The summed E-state index contributed by atoms with van der Waals surface area (Å²) in [5.41, 5.74) is 3.02. The second-order valence-corrected chi connectivity index (χ2v) is 6.18. The van der Waals surface area contributed by atoms with Gasteiger partial charge >= 0.3 is 0 Å². The summed E-state index contributed by atoms with van der Waals surface area (Å²) in [6.07, 6.45) is 0.787. The molecule has 25 heavy (non-hydrogen) atoms. The van der Waals surface area contributed by atoms with Crippen molar-refractivity contribution in [2.75, 3.05) is 13.6 Å². The number of hydrogen-bond acceptors (Lipinski definition) is 4. The second kappa shape index (κ2) is 7.83. The van der Waals surface area contributed by atoms with Gasteiger partial charge in [-0.05, 0) is 18.1 Å². The van der Waals surface area contributed by atoms with Crippen molar-refractivity contribution < 1.29 is 4.52 Å². The molecular weight excluding hydrogens is 316 g/mol. The summed E-state index contributed by atoms with van der Waals surface area (Å²) >= 11 is 0. The summed E-state index contributed by atoms with van der Waals surface area (Å²) < 4.78 is 5.32. The van der Waals surface area contributed by atoms with E-state index in [1.807, 2.05) is 30.3 Å². The van der Waals surface area contributed by atoms with Crippen molar-refractivity contribution in [1.82, 2.24) is 25.8 Å². The second-order valence-electron chi connectivity index (χ2n) is 6.18. The molecule has 0 aliphatic carbocycles. The van der Waals surface area contributed by atoms with Crippen molar-refractivity contribution in [2.24, 2.45) is 4.99 Å². The average Bonchev–Trinajstić information content (AvgIpc) is 3.24. The number of aromatic nitrogens is 3. The Morgan fingerprint density at radius 2 is 2.12 bits per heavy atom. The molecule has 3 N–H and O–H groups in total. The van der Waals surface area contributed by atoms with Gasteiger partial charge in [-0.25, -0.2) is 4.98 Å². The van der Waals surface area contributed by atoms with Crippen LogP contribution in [-0.2, 0) is 13.0 Å². The van der Waals surface area contributed by atoms with Gasteiger partial charge < -0.3 is 20.1 Å². The van der Waals surface area contributed by atoms with Crippen LogP contribution in [-0.4, -0.2) is 34.7 Å². The third-order valence-electron chi connectivity index (χ3n) is 3.92. The van der Waals surface area contributed by atoms with Crippen molar-refractivity contribution in [3.8, 4) is 0 Å². The van der Waals surface area contributed by atoms with E-state index in [0.717, 1.165) is 47.2 Å². The summed E-state index contributed by atoms with van der Waals surface area (Å²) in [7, 11) is 1.75. The highest BCUT2D eigenvalue weighted by atomic mass is 16.5. The van der Waals surface area contributed by atoms with Gasteiger partial charge in [0.1, 0.15) is 5.82 Å². The van der Waals surface area contributed by atoms with Crippen LogP contribution in [0.1, 0.15) is 37.0 Å². The number of imidazole rings is 1. The van der Waals surface area contributed by atoms with Crippen molar-refractivity contribution in [3.05, 3.63) is 47.6 Å². The van der Waals surface area contributed by atoms with E-state index in [2.05, 4.69) is 44.6 Å². The molecule has 0 saturated carbocycles. The van der Waals surface area contributed by atoms with Gasteiger partial charge in [0.05, 0.1) is 23.3 Å². The van der Waals surface area contributed by atoms with Crippen molar-refractivity contribution in [3.63, 3.8) is 0 Å². The number of nitrogens with one attached hydrogen (secondary N) is 3. The standard InChI is InChI=1S/C18H24N6O/c1-12(2)16-10-13(25-24-16)11-21-18(19-3)20-9-8-17-22-14-6-4-5-7-15(14)23-17/h4-7,10,12H,8-9,11H2,1-3H3,(H,22,23)(H2,19,20,21). The number of aliphatic imine (C=N–C) groups is 1. The molecule has 3 aromatic rings. The molecule has 7 nitrogen and oxygen atoms in total. The Bertz CT molecular complexity index is 815. The highest BCUT2D eigenvalue weighted by Gasteiger charge is 2.08. The van der Waals surface area contributed by atoms with Gasteiger partial charge in [-0.1, -0.05) is 31.1 Å². The highest BCUT2D eigenvalue weighted by Crippen LogP contribution is 2.13. The summed E-state index contributed by atoms with van der Waals surface area (Å²) in [5, 5.41) is 10.6. The normalized spacial score (nSPS) is 12.1. The Labute approximate surface area is 146 Å². The zero-order chi connectivity index (χ0) is 17.6. The number of H-pyrrole nitrogens is 1. The van der Waals surface area contributed by atoms with Crippen LogP contribution in [0, 0.1) is 0 Å². The third kappa shape index (κ3) is 4.37. The molecule has 0 aliphatic heterocycles. The van der Waals surface area contributed by atoms with Crippen LogP contribution in [0.25, 0.3) is 11.0 Å². The van der Waals surface area contributed by atoms with E-state index < -0.39 is 0 Å². The smallest absolute Gasteiger partial charge is 0.191 e. The van der Waals surface area contributed by atoms with E-state index in [0.29, 0.717) is 12.5 Å². The lowest BCUT2D eigenvalue weighted by Crippen LogP contribution is -2.37. The maximum atomic E-state index is 5.32. The van der Waals surface area contributed by atoms with E-state index in [1.54, 1.807) is 7.05 Å². The molecule has 0 unspecified atom stereocenters. The lowest BCUT2D eigenvalue weighted by molar-refractivity contribution is 0.372. The Morgan fingerprint density at radius 1 is 1.28 bits per heavy atom. The molecule has 132 valence electrons.